The highest BCUT2D eigenvalue weighted by Gasteiger charge is 2.33. The number of urea groups is 1. The van der Waals surface area contributed by atoms with Crippen LogP contribution < -0.4 is 26.6 Å². The summed E-state index contributed by atoms with van der Waals surface area (Å²) in [6.45, 7) is 1.55. The van der Waals surface area contributed by atoms with Crippen LogP contribution in [-0.4, -0.2) is 63.0 Å². The Labute approximate surface area is 275 Å². The SMILES string of the molecule is COC(=O)NC(C(=O)Nc1ccccc1CCC1CNC(CNC(=O)Nc2ccccc2)CO1)C(c1ccccc1)c1ccccc1. The van der Waals surface area contributed by atoms with E-state index in [1.165, 1.54) is 7.11 Å². The number of anilines is 2. The first kappa shape index (κ1) is 33.2. The average molecular weight is 636 g/mol. The zero-order valence-electron chi connectivity index (χ0n) is 26.4. The molecule has 3 unspecified atom stereocenters. The number of methoxy groups -OCH3 is 1. The molecule has 1 aliphatic rings. The van der Waals surface area contributed by atoms with E-state index < -0.39 is 18.1 Å². The quantitative estimate of drug-likeness (QED) is 0.144. The lowest BCUT2D eigenvalue weighted by atomic mass is 9.84. The van der Waals surface area contributed by atoms with Crippen molar-refractivity contribution in [1.82, 2.24) is 16.0 Å². The predicted octanol–water partition coefficient (Wildman–Crippen LogP) is 5.29. The molecule has 0 aromatic heterocycles. The first-order chi connectivity index (χ1) is 23.0. The second kappa shape index (κ2) is 16.9. The largest absolute Gasteiger partial charge is 0.453 e. The lowest BCUT2D eigenvalue weighted by Gasteiger charge is -2.31. The van der Waals surface area contributed by atoms with E-state index in [1.807, 2.05) is 115 Å². The van der Waals surface area contributed by atoms with Crippen LogP contribution in [0.25, 0.3) is 0 Å². The molecule has 4 aromatic rings. The fourth-order valence-corrected chi connectivity index (χ4v) is 5.67. The summed E-state index contributed by atoms with van der Waals surface area (Å²) >= 11 is 0. The maximum Gasteiger partial charge on any atom is 0.407 e. The summed E-state index contributed by atoms with van der Waals surface area (Å²) in [6, 6.07) is 35.0. The summed E-state index contributed by atoms with van der Waals surface area (Å²) in [6.07, 6.45) is 0.681. The third-order valence-electron chi connectivity index (χ3n) is 8.11. The van der Waals surface area contributed by atoms with Crippen molar-refractivity contribution in [3.8, 4) is 0 Å². The summed E-state index contributed by atoms with van der Waals surface area (Å²) in [4.78, 5) is 38.7. The topological polar surface area (TPSA) is 130 Å². The van der Waals surface area contributed by atoms with Crippen molar-refractivity contribution in [3.63, 3.8) is 0 Å². The molecule has 1 saturated heterocycles. The van der Waals surface area contributed by atoms with Crippen LogP contribution in [0.5, 0.6) is 0 Å². The van der Waals surface area contributed by atoms with E-state index >= 15 is 0 Å². The van der Waals surface area contributed by atoms with E-state index in [0.717, 1.165) is 28.8 Å². The van der Waals surface area contributed by atoms with Crippen molar-refractivity contribution in [2.75, 3.05) is 37.4 Å². The van der Waals surface area contributed by atoms with Gasteiger partial charge in [0.2, 0.25) is 5.91 Å². The second-order valence-corrected chi connectivity index (χ2v) is 11.4. The standard InChI is InChI=1S/C37H41N5O5/c1-46-37(45)42-34(33(27-14-5-2-6-15-27)28-16-7-3-8-17-28)35(43)41-32-20-12-11-13-26(32)21-22-31-24-38-30(25-47-31)23-39-36(44)40-29-18-9-4-10-19-29/h2-20,30-31,33-34,38H,21-25H2,1H3,(H,41,43)(H,42,45)(H2,39,40,44). The molecule has 4 amide bonds. The summed E-state index contributed by atoms with van der Waals surface area (Å²) < 4.78 is 11.0. The van der Waals surface area contributed by atoms with Gasteiger partial charge in [-0.15, -0.1) is 0 Å². The Morgan fingerprint density at radius 1 is 0.830 bits per heavy atom. The smallest absolute Gasteiger partial charge is 0.407 e. The van der Waals surface area contributed by atoms with Crippen LogP contribution >= 0.6 is 0 Å². The van der Waals surface area contributed by atoms with Crippen LogP contribution in [0.1, 0.15) is 29.0 Å². The molecule has 1 heterocycles. The van der Waals surface area contributed by atoms with Gasteiger partial charge in [0.25, 0.3) is 0 Å². The van der Waals surface area contributed by atoms with Gasteiger partial charge in [-0.05, 0) is 47.7 Å². The molecule has 5 N–H and O–H groups in total. The van der Waals surface area contributed by atoms with Crippen LogP contribution in [0.2, 0.25) is 0 Å². The molecule has 10 nitrogen and oxygen atoms in total. The first-order valence-electron chi connectivity index (χ1n) is 15.8. The van der Waals surface area contributed by atoms with Crippen molar-refractivity contribution >= 4 is 29.4 Å². The highest BCUT2D eigenvalue weighted by molar-refractivity contribution is 5.98. The van der Waals surface area contributed by atoms with Crippen molar-refractivity contribution < 1.29 is 23.9 Å². The normalized spacial score (nSPS) is 16.5. The maximum absolute atomic E-state index is 14.0. The number of amides is 4. The van der Waals surface area contributed by atoms with E-state index in [4.69, 9.17) is 9.47 Å². The van der Waals surface area contributed by atoms with Crippen molar-refractivity contribution in [3.05, 3.63) is 132 Å². The van der Waals surface area contributed by atoms with Gasteiger partial charge < -0.3 is 36.1 Å². The number of aryl methyl sites for hydroxylation is 1. The minimum absolute atomic E-state index is 0.000710. The van der Waals surface area contributed by atoms with Crippen LogP contribution in [0.3, 0.4) is 0 Å². The Kier molecular flexibility index (Phi) is 12.0. The number of hydrogen-bond acceptors (Lipinski definition) is 6. The predicted molar refractivity (Wildman–Crippen MR) is 182 cm³/mol. The van der Waals surface area contributed by atoms with Crippen LogP contribution in [-0.2, 0) is 20.7 Å². The van der Waals surface area contributed by atoms with E-state index in [1.54, 1.807) is 0 Å². The monoisotopic (exact) mass is 635 g/mol. The van der Waals surface area contributed by atoms with Crippen molar-refractivity contribution in [1.29, 1.82) is 0 Å². The van der Waals surface area contributed by atoms with Crippen molar-refractivity contribution in [2.45, 2.75) is 36.9 Å². The van der Waals surface area contributed by atoms with Gasteiger partial charge in [-0.3, -0.25) is 4.79 Å². The number of carbonyl (C=O) groups excluding carboxylic acids is 3. The second-order valence-electron chi connectivity index (χ2n) is 11.4. The molecular formula is C37H41N5O5. The molecule has 0 bridgehead atoms. The highest BCUT2D eigenvalue weighted by Crippen LogP contribution is 2.30. The van der Waals surface area contributed by atoms with Gasteiger partial charge in [0.15, 0.2) is 0 Å². The number of rotatable bonds is 12. The van der Waals surface area contributed by atoms with E-state index in [-0.39, 0.29) is 24.1 Å². The van der Waals surface area contributed by atoms with Gasteiger partial charge in [-0.1, -0.05) is 97.1 Å². The number of benzene rings is 4. The molecule has 4 aromatic carbocycles. The summed E-state index contributed by atoms with van der Waals surface area (Å²) in [5, 5.41) is 15.0. The Bertz CT molecular complexity index is 1540. The van der Waals surface area contributed by atoms with Gasteiger partial charge in [0, 0.05) is 36.4 Å². The number of para-hydroxylation sites is 2. The van der Waals surface area contributed by atoms with Crippen molar-refractivity contribution in [2.24, 2.45) is 0 Å². The zero-order valence-corrected chi connectivity index (χ0v) is 26.4. The summed E-state index contributed by atoms with van der Waals surface area (Å²) in [5.41, 5.74) is 4.13. The molecule has 1 fully saturated rings. The molecule has 3 atom stereocenters. The van der Waals surface area contributed by atoms with Gasteiger partial charge in [0.1, 0.15) is 6.04 Å². The maximum atomic E-state index is 14.0. The Balaban J connectivity index is 1.19. The fraction of sp³-hybridized carbons (Fsp3) is 0.270. The first-order valence-corrected chi connectivity index (χ1v) is 15.8. The molecule has 47 heavy (non-hydrogen) atoms. The summed E-state index contributed by atoms with van der Waals surface area (Å²) in [5.74, 6) is -0.819. The van der Waals surface area contributed by atoms with Crippen LogP contribution in [0.4, 0.5) is 21.0 Å². The molecule has 5 rings (SSSR count). The van der Waals surface area contributed by atoms with Gasteiger partial charge >= 0.3 is 12.1 Å². The number of alkyl carbamates (subject to hydrolysis) is 1. The van der Waals surface area contributed by atoms with Crippen LogP contribution in [0.15, 0.2) is 115 Å². The van der Waals surface area contributed by atoms with E-state index in [9.17, 15) is 14.4 Å². The number of nitrogens with one attached hydrogen (secondary N) is 5. The Morgan fingerprint density at radius 3 is 2.06 bits per heavy atom. The van der Waals surface area contributed by atoms with Crippen LogP contribution in [0, 0.1) is 0 Å². The lowest BCUT2D eigenvalue weighted by molar-refractivity contribution is -0.118. The Hall–Kier alpha value is -5.19. The molecule has 1 aliphatic heterocycles. The summed E-state index contributed by atoms with van der Waals surface area (Å²) in [7, 11) is 1.28. The number of morpholine rings is 1. The minimum Gasteiger partial charge on any atom is -0.453 e. The molecule has 10 heteroatoms. The highest BCUT2D eigenvalue weighted by atomic mass is 16.5. The number of carbonyl (C=O) groups is 3. The average Bonchev–Trinajstić information content (AvgIpc) is 3.11. The Morgan fingerprint density at radius 2 is 1.45 bits per heavy atom. The molecule has 0 aliphatic carbocycles. The van der Waals surface area contributed by atoms with Gasteiger partial charge in [0.05, 0.1) is 19.8 Å². The molecule has 0 saturated carbocycles. The molecule has 0 radical (unpaired) electrons. The third kappa shape index (κ3) is 9.65. The lowest BCUT2D eigenvalue weighted by Crippen LogP contribution is -2.52. The number of hydrogen-bond donors (Lipinski definition) is 5. The molecule has 0 spiro atoms. The van der Waals surface area contributed by atoms with Gasteiger partial charge in [-0.2, -0.15) is 0 Å². The van der Waals surface area contributed by atoms with E-state index in [2.05, 4.69) is 26.6 Å². The molecular weight excluding hydrogens is 594 g/mol. The van der Waals surface area contributed by atoms with E-state index in [0.29, 0.717) is 31.8 Å². The fourth-order valence-electron chi connectivity index (χ4n) is 5.67. The third-order valence-corrected chi connectivity index (χ3v) is 8.11. The number of ether oxygens (including phenoxy) is 2. The minimum atomic E-state index is -0.952. The van der Waals surface area contributed by atoms with Gasteiger partial charge in [-0.25, -0.2) is 9.59 Å². The molecule has 244 valence electrons. The zero-order chi connectivity index (χ0) is 32.8.